The Labute approximate surface area is 334 Å². The van der Waals surface area contributed by atoms with Crippen LogP contribution in [0.2, 0.25) is 0 Å². The first-order valence-corrected chi connectivity index (χ1v) is 19.6. The summed E-state index contributed by atoms with van der Waals surface area (Å²) >= 11 is 0. The third kappa shape index (κ3) is 6.66. The van der Waals surface area contributed by atoms with Crippen LogP contribution in [0.3, 0.4) is 0 Å². The van der Waals surface area contributed by atoms with Crippen LogP contribution in [-0.4, -0.2) is 0 Å². The van der Waals surface area contributed by atoms with E-state index in [1.54, 1.807) is 0 Å². The van der Waals surface area contributed by atoms with Crippen molar-refractivity contribution in [3.05, 3.63) is 237 Å². The van der Waals surface area contributed by atoms with Crippen molar-refractivity contribution in [1.29, 1.82) is 0 Å². The molecule has 0 atom stereocenters. The Bertz CT molecular complexity index is 2950. The van der Waals surface area contributed by atoms with Gasteiger partial charge in [-0.2, -0.15) is 0 Å². The summed E-state index contributed by atoms with van der Waals surface area (Å²) < 4.78 is 0. The van der Waals surface area contributed by atoms with Crippen molar-refractivity contribution < 1.29 is 0 Å². The summed E-state index contributed by atoms with van der Waals surface area (Å²) in [7, 11) is 0. The number of benzene rings is 10. The van der Waals surface area contributed by atoms with Crippen molar-refractivity contribution in [1.82, 2.24) is 0 Å². The Balaban J connectivity index is 1.01. The molecule has 0 aliphatic rings. The van der Waals surface area contributed by atoms with Gasteiger partial charge in [0.2, 0.25) is 0 Å². The predicted octanol–water partition coefficient (Wildman–Crippen LogP) is 15.8. The van der Waals surface area contributed by atoms with Crippen molar-refractivity contribution in [2.45, 2.75) is 0 Å². The van der Waals surface area contributed by atoms with E-state index in [-0.39, 0.29) is 0 Å². The monoisotopic (exact) mass is 725 g/mol. The summed E-state index contributed by atoms with van der Waals surface area (Å²) in [4.78, 5) is 2.40. The summed E-state index contributed by atoms with van der Waals surface area (Å²) in [6.07, 6.45) is 0. The highest BCUT2D eigenvalue weighted by Gasteiger charge is 2.18. The van der Waals surface area contributed by atoms with Crippen LogP contribution in [0.25, 0.3) is 77.2 Å². The summed E-state index contributed by atoms with van der Waals surface area (Å²) in [5.74, 6) is 0. The maximum atomic E-state index is 2.40. The van der Waals surface area contributed by atoms with Gasteiger partial charge in [0.15, 0.2) is 0 Å². The zero-order valence-corrected chi connectivity index (χ0v) is 31.5. The van der Waals surface area contributed by atoms with Gasteiger partial charge >= 0.3 is 0 Å². The third-order valence-corrected chi connectivity index (χ3v) is 11.1. The predicted molar refractivity (Wildman–Crippen MR) is 243 cm³/mol. The molecule has 0 N–H and O–H groups in total. The molecule has 0 radical (unpaired) electrons. The summed E-state index contributed by atoms with van der Waals surface area (Å²) in [6, 6.07) is 85.5. The lowest BCUT2D eigenvalue weighted by Crippen LogP contribution is -2.10. The fourth-order valence-corrected chi connectivity index (χ4v) is 8.19. The van der Waals surface area contributed by atoms with Gasteiger partial charge in [-0.1, -0.05) is 200 Å². The van der Waals surface area contributed by atoms with E-state index < -0.39 is 0 Å². The Morgan fingerprint density at radius 2 is 0.614 bits per heavy atom. The van der Waals surface area contributed by atoms with Crippen molar-refractivity contribution in [2.24, 2.45) is 0 Å². The molecule has 10 aromatic rings. The molecule has 0 unspecified atom stereocenters. The molecular weight excluding hydrogens is 687 g/mol. The van der Waals surface area contributed by atoms with Crippen LogP contribution in [0.1, 0.15) is 0 Å². The van der Waals surface area contributed by atoms with E-state index in [0.29, 0.717) is 0 Å². The number of nitrogens with zero attached hydrogens (tertiary/aromatic N) is 1. The highest BCUT2D eigenvalue weighted by atomic mass is 15.1. The Hall–Kier alpha value is -7.48. The minimum atomic E-state index is 1.11. The fourth-order valence-electron chi connectivity index (χ4n) is 8.19. The topological polar surface area (TPSA) is 3.24 Å². The molecule has 0 bridgehead atoms. The average molecular weight is 726 g/mol. The van der Waals surface area contributed by atoms with Crippen LogP contribution in [0.15, 0.2) is 237 Å². The highest BCUT2D eigenvalue weighted by molar-refractivity contribution is 6.14. The van der Waals surface area contributed by atoms with Crippen molar-refractivity contribution in [2.75, 3.05) is 4.90 Å². The normalized spacial score (nSPS) is 11.2. The van der Waals surface area contributed by atoms with Crippen LogP contribution in [-0.2, 0) is 0 Å². The molecule has 0 heterocycles. The third-order valence-electron chi connectivity index (χ3n) is 11.1. The van der Waals surface area contributed by atoms with Gasteiger partial charge in [-0.05, 0) is 108 Å². The number of anilines is 3. The molecule has 0 amide bonds. The van der Waals surface area contributed by atoms with Crippen LogP contribution in [0.4, 0.5) is 17.1 Å². The molecule has 1 heteroatoms. The lowest BCUT2D eigenvalue weighted by molar-refractivity contribution is 1.30. The van der Waals surface area contributed by atoms with E-state index in [1.165, 1.54) is 77.2 Å². The maximum Gasteiger partial charge on any atom is 0.0546 e. The van der Waals surface area contributed by atoms with Crippen LogP contribution in [0.5, 0.6) is 0 Å². The molecule has 0 fully saturated rings. The second-order valence-corrected chi connectivity index (χ2v) is 14.5. The van der Waals surface area contributed by atoms with Crippen LogP contribution in [0, 0.1) is 0 Å². The minimum Gasteiger partial charge on any atom is -0.310 e. The van der Waals surface area contributed by atoms with Gasteiger partial charge in [0, 0.05) is 16.8 Å². The van der Waals surface area contributed by atoms with E-state index >= 15 is 0 Å². The second kappa shape index (κ2) is 15.0. The largest absolute Gasteiger partial charge is 0.310 e. The molecular formula is C56H39N. The SMILES string of the molecule is c1ccc(-c2ccc(N(c3ccc(-c4ccc(-c5ccc(-c6ccccc6)c(-c6ccccc6)c5)cc4)cc3)c3cc4ccccc4c4ccccc34)cc2)cc1. The number of hydrogen-bond donors (Lipinski definition) is 0. The van der Waals surface area contributed by atoms with Crippen LogP contribution < -0.4 is 4.90 Å². The molecule has 0 aromatic heterocycles. The molecule has 10 aromatic carbocycles. The first-order valence-electron chi connectivity index (χ1n) is 19.6. The highest BCUT2D eigenvalue weighted by Crippen LogP contribution is 2.43. The Morgan fingerprint density at radius 1 is 0.228 bits per heavy atom. The van der Waals surface area contributed by atoms with Gasteiger partial charge in [0.1, 0.15) is 0 Å². The smallest absolute Gasteiger partial charge is 0.0546 e. The van der Waals surface area contributed by atoms with Gasteiger partial charge in [0.25, 0.3) is 0 Å². The van der Waals surface area contributed by atoms with Gasteiger partial charge in [-0.3, -0.25) is 0 Å². The second-order valence-electron chi connectivity index (χ2n) is 14.5. The van der Waals surface area contributed by atoms with Gasteiger partial charge < -0.3 is 4.90 Å². The standard InChI is InChI=1S/C56H39N/c1-4-14-40(15-5-1)42-28-33-49(34-29-42)57(56-39-48-20-10-11-21-51(48)53-22-12-13-23-54(53)56)50-35-30-43(31-36-50)41-24-26-44(27-25-41)47-32-37-52(45-16-6-2-7-17-45)55(38-47)46-18-8-3-9-19-46/h1-39H. The molecule has 0 aliphatic carbocycles. The molecule has 1 nitrogen and oxygen atoms in total. The zero-order valence-electron chi connectivity index (χ0n) is 31.5. The first kappa shape index (κ1) is 34.0. The van der Waals surface area contributed by atoms with Gasteiger partial charge in [-0.15, -0.1) is 0 Å². The van der Waals surface area contributed by atoms with Gasteiger partial charge in [-0.25, -0.2) is 0 Å². The molecule has 268 valence electrons. The maximum absolute atomic E-state index is 2.40. The van der Waals surface area contributed by atoms with E-state index in [2.05, 4.69) is 241 Å². The Morgan fingerprint density at radius 3 is 1.18 bits per heavy atom. The molecule has 0 saturated heterocycles. The first-order chi connectivity index (χ1) is 28.3. The van der Waals surface area contributed by atoms with E-state index in [0.717, 1.165) is 17.1 Å². The molecule has 0 spiro atoms. The Kier molecular flexibility index (Phi) is 8.95. The number of fused-ring (bicyclic) bond motifs is 3. The minimum absolute atomic E-state index is 1.11. The molecule has 0 aliphatic heterocycles. The average Bonchev–Trinajstić information content (AvgIpc) is 3.30. The summed E-state index contributed by atoms with van der Waals surface area (Å²) in [6.45, 7) is 0. The summed E-state index contributed by atoms with van der Waals surface area (Å²) in [5, 5.41) is 4.95. The van der Waals surface area contributed by atoms with Gasteiger partial charge in [0.05, 0.1) is 5.69 Å². The molecule has 57 heavy (non-hydrogen) atoms. The number of hydrogen-bond acceptors (Lipinski definition) is 1. The van der Waals surface area contributed by atoms with Crippen LogP contribution >= 0.6 is 0 Å². The van der Waals surface area contributed by atoms with E-state index in [1.807, 2.05) is 0 Å². The van der Waals surface area contributed by atoms with E-state index in [9.17, 15) is 0 Å². The quantitative estimate of drug-likeness (QED) is 0.141. The lowest BCUT2D eigenvalue weighted by atomic mass is 9.91. The number of rotatable bonds is 8. The zero-order chi connectivity index (χ0) is 38.0. The molecule has 0 saturated carbocycles. The van der Waals surface area contributed by atoms with Crippen molar-refractivity contribution in [3.63, 3.8) is 0 Å². The summed E-state index contributed by atoms with van der Waals surface area (Å²) in [5.41, 5.74) is 15.4. The molecule has 10 rings (SSSR count). The van der Waals surface area contributed by atoms with E-state index in [4.69, 9.17) is 0 Å². The lowest BCUT2D eigenvalue weighted by Gasteiger charge is -2.28. The van der Waals surface area contributed by atoms with Crippen molar-refractivity contribution in [3.8, 4) is 55.6 Å². The fraction of sp³-hybridized carbons (Fsp3) is 0. The van der Waals surface area contributed by atoms with Crippen molar-refractivity contribution >= 4 is 38.6 Å².